The van der Waals surface area contributed by atoms with Crippen molar-refractivity contribution in [3.8, 4) is 0 Å². The Morgan fingerprint density at radius 3 is 2.82 bits per heavy atom. The minimum absolute atomic E-state index is 0.101. The van der Waals surface area contributed by atoms with Crippen LogP contribution < -0.4 is 10.6 Å². The maximum absolute atomic E-state index is 14.2. The number of anilines is 1. The predicted molar refractivity (Wildman–Crippen MR) is 101 cm³/mol. The van der Waals surface area contributed by atoms with Crippen LogP contribution >= 0.6 is 0 Å². The first-order valence-electron chi connectivity index (χ1n) is 9.05. The Bertz CT molecular complexity index is 1050. The van der Waals surface area contributed by atoms with Gasteiger partial charge in [-0.2, -0.15) is 0 Å². The van der Waals surface area contributed by atoms with Crippen LogP contribution in [0.2, 0.25) is 0 Å². The average Bonchev–Trinajstić information content (AvgIpc) is 3.30. The van der Waals surface area contributed by atoms with Gasteiger partial charge in [0.2, 0.25) is 0 Å². The minimum Gasteiger partial charge on any atom is -0.391 e. The molecule has 144 valence electrons. The molecule has 1 fully saturated rings. The summed E-state index contributed by atoms with van der Waals surface area (Å²) < 4.78 is 15.8. The van der Waals surface area contributed by atoms with Crippen molar-refractivity contribution in [3.05, 3.63) is 65.9 Å². The van der Waals surface area contributed by atoms with Crippen LogP contribution in [0, 0.1) is 5.82 Å². The van der Waals surface area contributed by atoms with Gasteiger partial charge in [0, 0.05) is 11.8 Å². The topological polar surface area (TPSA) is 95.7 Å². The fourth-order valence-corrected chi connectivity index (χ4v) is 3.41. The Balaban J connectivity index is 1.54. The Kier molecular flexibility index (Phi) is 4.79. The van der Waals surface area contributed by atoms with Gasteiger partial charge in [-0.05, 0) is 49.6 Å². The van der Waals surface area contributed by atoms with Crippen molar-refractivity contribution >= 4 is 23.1 Å². The summed E-state index contributed by atoms with van der Waals surface area (Å²) in [7, 11) is 0. The highest BCUT2D eigenvalue weighted by atomic mass is 19.1. The van der Waals surface area contributed by atoms with Gasteiger partial charge >= 0.3 is 0 Å². The molecule has 0 radical (unpaired) electrons. The summed E-state index contributed by atoms with van der Waals surface area (Å²) in [4.78, 5) is 29.1. The molecule has 2 aromatic heterocycles. The van der Waals surface area contributed by atoms with Crippen LogP contribution in [0.4, 0.5) is 10.1 Å². The van der Waals surface area contributed by atoms with Crippen molar-refractivity contribution in [2.45, 2.75) is 31.4 Å². The van der Waals surface area contributed by atoms with Crippen LogP contribution in [0.25, 0.3) is 5.65 Å². The molecule has 0 saturated heterocycles. The zero-order valence-corrected chi connectivity index (χ0v) is 14.9. The van der Waals surface area contributed by atoms with Crippen molar-refractivity contribution in [1.29, 1.82) is 0 Å². The molecule has 4 rings (SSSR count). The number of pyridine rings is 1. The number of carbonyl (C=O) groups is 2. The van der Waals surface area contributed by atoms with Gasteiger partial charge in [0.05, 0.1) is 24.0 Å². The Labute approximate surface area is 160 Å². The van der Waals surface area contributed by atoms with Gasteiger partial charge in [0.1, 0.15) is 17.2 Å². The van der Waals surface area contributed by atoms with E-state index in [0.29, 0.717) is 18.5 Å². The van der Waals surface area contributed by atoms with Crippen LogP contribution in [-0.4, -0.2) is 38.5 Å². The van der Waals surface area contributed by atoms with Crippen LogP contribution in [0.3, 0.4) is 0 Å². The van der Waals surface area contributed by atoms with Crippen LogP contribution in [-0.2, 0) is 0 Å². The summed E-state index contributed by atoms with van der Waals surface area (Å²) >= 11 is 0. The molecule has 0 bridgehead atoms. The Morgan fingerprint density at radius 1 is 1.18 bits per heavy atom. The van der Waals surface area contributed by atoms with Crippen molar-refractivity contribution in [2.75, 3.05) is 5.32 Å². The molecular weight excluding hydrogens is 363 g/mol. The first-order chi connectivity index (χ1) is 13.5. The van der Waals surface area contributed by atoms with Crippen LogP contribution in [0.15, 0.2) is 48.8 Å². The van der Waals surface area contributed by atoms with E-state index in [1.807, 2.05) is 0 Å². The maximum Gasteiger partial charge on any atom is 0.274 e. The van der Waals surface area contributed by atoms with E-state index in [0.717, 1.165) is 12.5 Å². The lowest BCUT2D eigenvalue weighted by molar-refractivity contribution is 0.0872. The second-order valence-electron chi connectivity index (χ2n) is 6.80. The van der Waals surface area contributed by atoms with E-state index >= 15 is 0 Å². The molecule has 2 heterocycles. The molecule has 28 heavy (non-hydrogen) atoms. The van der Waals surface area contributed by atoms with E-state index in [9.17, 15) is 19.1 Å². The lowest BCUT2D eigenvalue weighted by Gasteiger charge is -2.17. The molecule has 3 N–H and O–H groups in total. The lowest BCUT2D eigenvalue weighted by atomic mass is 10.1. The third-order valence-corrected chi connectivity index (χ3v) is 4.92. The number of aromatic nitrogens is 2. The third kappa shape index (κ3) is 3.46. The van der Waals surface area contributed by atoms with Crippen molar-refractivity contribution in [3.63, 3.8) is 0 Å². The molecule has 8 heteroatoms. The number of nitrogens with zero attached hydrogens (tertiary/aromatic N) is 2. The van der Waals surface area contributed by atoms with E-state index in [1.54, 1.807) is 28.8 Å². The van der Waals surface area contributed by atoms with Crippen molar-refractivity contribution in [2.24, 2.45) is 0 Å². The highest BCUT2D eigenvalue weighted by Gasteiger charge is 2.27. The first kappa shape index (κ1) is 18.1. The predicted octanol–water partition coefficient (Wildman–Crippen LogP) is 2.37. The number of hydrogen-bond acceptors (Lipinski definition) is 4. The SMILES string of the molecule is O=C(N[C@@H]1CCC[C@@H]1O)c1ccc(F)c(NC(=O)c2cnc3ccccn23)c1. The van der Waals surface area contributed by atoms with Crippen LogP contribution in [0.5, 0.6) is 0 Å². The van der Waals surface area contributed by atoms with E-state index in [4.69, 9.17) is 0 Å². The number of nitrogens with one attached hydrogen (secondary N) is 2. The second kappa shape index (κ2) is 7.40. The highest BCUT2D eigenvalue weighted by Crippen LogP contribution is 2.21. The number of carbonyl (C=O) groups excluding carboxylic acids is 2. The van der Waals surface area contributed by atoms with Gasteiger partial charge in [0.25, 0.3) is 11.8 Å². The monoisotopic (exact) mass is 382 g/mol. The molecule has 3 aromatic rings. The van der Waals surface area contributed by atoms with E-state index in [-0.39, 0.29) is 23.0 Å². The summed E-state index contributed by atoms with van der Waals surface area (Å²) in [5.74, 6) is -1.61. The molecule has 0 spiro atoms. The van der Waals surface area contributed by atoms with Crippen molar-refractivity contribution < 1.29 is 19.1 Å². The average molecular weight is 382 g/mol. The third-order valence-electron chi connectivity index (χ3n) is 4.92. The summed E-state index contributed by atoms with van der Waals surface area (Å²) in [5, 5.41) is 15.1. The number of fused-ring (bicyclic) bond motifs is 1. The number of imidazole rings is 1. The Morgan fingerprint density at radius 2 is 2.04 bits per heavy atom. The zero-order valence-electron chi connectivity index (χ0n) is 14.9. The number of halogens is 1. The highest BCUT2D eigenvalue weighted by molar-refractivity contribution is 6.04. The number of aliphatic hydroxyl groups is 1. The molecule has 1 aromatic carbocycles. The van der Waals surface area contributed by atoms with Crippen LogP contribution in [0.1, 0.15) is 40.1 Å². The summed E-state index contributed by atoms with van der Waals surface area (Å²) in [6.45, 7) is 0. The second-order valence-corrected chi connectivity index (χ2v) is 6.80. The summed E-state index contributed by atoms with van der Waals surface area (Å²) in [6, 6.07) is 8.75. The van der Waals surface area contributed by atoms with Gasteiger partial charge in [-0.1, -0.05) is 6.07 Å². The molecule has 1 aliphatic carbocycles. The molecule has 1 saturated carbocycles. The van der Waals surface area contributed by atoms with E-state index < -0.39 is 23.7 Å². The molecule has 2 atom stereocenters. The van der Waals surface area contributed by atoms with Crippen molar-refractivity contribution in [1.82, 2.24) is 14.7 Å². The number of hydrogen-bond donors (Lipinski definition) is 3. The fourth-order valence-electron chi connectivity index (χ4n) is 3.41. The number of benzene rings is 1. The molecule has 7 nitrogen and oxygen atoms in total. The summed E-state index contributed by atoms with van der Waals surface area (Å²) in [5.41, 5.74) is 0.944. The smallest absolute Gasteiger partial charge is 0.274 e. The largest absolute Gasteiger partial charge is 0.391 e. The van der Waals surface area contributed by atoms with Gasteiger partial charge in [-0.25, -0.2) is 9.37 Å². The van der Waals surface area contributed by atoms with E-state index in [1.165, 1.54) is 18.3 Å². The zero-order chi connectivity index (χ0) is 19.7. The van der Waals surface area contributed by atoms with Gasteiger partial charge in [0.15, 0.2) is 0 Å². The number of aliphatic hydroxyl groups excluding tert-OH is 1. The molecule has 2 amide bonds. The molecular formula is C20H19FN4O3. The van der Waals surface area contributed by atoms with Gasteiger partial charge < -0.3 is 15.7 Å². The number of rotatable bonds is 4. The lowest BCUT2D eigenvalue weighted by Crippen LogP contribution is -2.39. The summed E-state index contributed by atoms with van der Waals surface area (Å²) in [6.07, 6.45) is 4.71. The quantitative estimate of drug-likeness (QED) is 0.646. The number of amides is 2. The minimum atomic E-state index is -0.653. The molecule has 0 unspecified atom stereocenters. The first-order valence-corrected chi connectivity index (χ1v) is 9.05. The standard InChI is InChI=1S/C20H19FN4O3/c21-13-8-7-12(19(27)23-14-4-3-5-17(14)26)10-15(13)24-20(28)16-11-22-18-6-1-2-9-25(16)18/h1-2,6-11,14,17,26H,3-5H2,(H,23,27)(H,24,28)/t14-,17+/m1/s1. The normalized spacial score (nSPS) is 18.9. The van der Waals surface area contributed by atoms with Gasteiger partial charge in [-0.3, -0.25) is 14.0 Å². The fraction of sp³-hybridized carbons (Fsp3) is 0.250. The Hall–Kier alpha value is -3.26. The molecule has 0 aliphatic heterocycles. The molecule has 1 aliphatic rings. The maximum atomic E-state index is 14.2. The van der Waals surface area contributed by atoms with E-state index in [2.05, 4.69) is 15.6 Å². The van der Waals surface area contributed by atoms with Gasteiger partial charge in [-0.15, -0.1) is 0 Å².